The van der Waals surface area contributed by atoms with Crippen LogP contribution in [0.3, 0.4) is 0 Å². The number of carboxylic acids is 1. The molecule has 0 fully saturated rings. The molecule has 30 heavy (non-hydrogen) atoms. The molecule has 154 valence electrons. The van der Waals surface area contributed by atoms with Crippen LogP contribution in [0.1, 0.15) is 48.4 Å². The molecule has 0 heterocycles. The fourth-order valence-corrected chi connectivity index (χ4v) is 3.55. The number of phenols is 1. The number of anilines is 1. The first-order valence-corrected chi connectivity index (χ1v) is 9.68. The molecule has 6 heteroatoms. The molecular formula is C24H23NO5. The highest BCUT2D eigenvalue weighted by atomic mass is 16.5. The van der Waals surface area contributed by atoms with Crippen molar-refractivity contribution in [2.45, 2.75) is 39.0 Å². The molecule has 3 rings (SSSR count). The van der Waals surface area contributed by atoms with Crippen LogP contribution >= 0.6 is 0 Å². The fourth-order valence-electron chi connectivity index (χ4n) is 3.55. The molecular weight excluding hydrogens is 382 g/mol. The Hall–Kier alpha value is -3.72. The Labute approximate surface area is 175 Å². The molecule has 0 unspecified atom stereocenters. The number of hydrogen-bond donors (Lipinski definition) is 3. The third kappa shape index (κ3) is 4.31. The van der Waals surface area contributed by atoms with E-state index in [-0.39, 0.29) is 11.7 Å². The van der Waals surface area contributed by atoms with Crippen LogP contribution in [0.25, 0.3) is 0 Å². The molecule has 3 N–H and O–H groups in total. The van der Waals surface area contributed by atoms with Crippen LogP contribution in [0.5, 0.6) is 17.2 Å². The van der Waals surface area contributed by atoms with Crippen LogP contribution < -0.4 is 10.1 Å². The first kappa shape index (κ1) is 21.0. The number of rotatable bonds is 4. The summed E-state index contributed by atoms with van der Waals surface area (Å²) in [7, 11) is 0. The Morgan fingerprint density at radius 2 is 1.97 bits per heavy atom. The van der Waals surface area contributed by atoms with Gasteiger partial charge in [0.2, 0.25) is 0 Å². The molecule has 1 aliphatic carbocycles. The molecule has 0 atom stereocenters. The van der Waals surface area contributed by atoms with Crippen molar-refractivity contribution in [3.63, 3.8) is 0 Å². The van der Waals surface area contributed by atoms with E-state index in [1.807, 2.05) is 13.8 Å². The van der Waals surface area contributed by atoms with Gasteiger partial charge < -0.3 is 20.3 Å². The number of allylic oxidation sites excluding steroid dienone is 1. The quantitative estimate of drug-likeness (QED) is 0.519. The number of aromatic hydroxyl groups is 1. The summed E-state index contributed by atoms with van der Waals surface area (Å²) < 4.78 is 6.23. The number of aliphatic carboxylic acids is 1. The number of hydrogen-bond acceptors (Lipinski definition) is 4. The van der Waals surface area contributed by atoms with Crippen LogP contribution in [0, 0.1) is 11.8 Å². The van der Waals surface area contributed by atoms with Gasteiger partial charge in [0.1, 0.15) is 17.2 Å². The average Bonchev–Trinajstić information content (AvgIpc) is 3.19. The monoisotopic (exact) mass is 405 g/mol. The van der Waals surface area contributed by atoms with E-state index < -0.39 is 11.9 Å². The van der Waals surface area contributed by atoms with Crippen molar-refractivity contribution in [2.75, 3.05) is 5.32 Å². The lowest BCUT2D eigenvalue weighted by molar-refractivity contribution is -0.147. The summed E-state index contributed by atoms with van der Waals surface area (Å²) in [4.78, 5) is 22.7. The molecule has 2 aromatic rings. The van der Waals surface area contributed by atoms with Crippen molar-refractivity contribution >= 4 is 17.6 Å². The predicted molar refractivity (Wildman–Crippen MR) is 114 cm³/mol. The van der Waals surface area contributed by atoms with Gasteiger partial charge in [-0.3, -0.25) is 4.79 Å². The van der Waals surface area contributed by atoms with E-state index in [0.29, 0.717) is 29.2 Å². The Morgan fingerprint density at radius 3 is 2.63 bits per heavy atom. The summed E-state index contributed by atoms with van der Waals surface area (Å²) in [6.07, 6.45) is 3.72. The van der Waals surface area contributed by atoms with Gasteiger partial charge in [0, 0.05) is 16.8 Å². The molecule has 1 amide bonds. The Bertz CT molecular complexity index is 1090. The second-order valence-electron chi connectivity index (χ2n) is 7.32. The molecule has 0 bridgehead atoms. The number of fused-ring (bicyclic) bond motifs is 1. The topological polar surface area (TPSA) is 95.9 Å². The summed E-state index contributed by atoms with van der Waals surface area (Å²) in [5, 5.41) is 21.5. The molecule has 0 saturated carbocycles. The van der Waals surface area contributed by atoms with Crippen molar-refractivity contribution in [1.29, 1.82) is 0 Å². The summed E-state index contributed by atoms with van der Waals surface area (Å²) in [6.45, 7) is 7.57. The maximum Gasteiger partial charge on any atom is 0.394 e. The SMILES string of the molecule is C=CC#Cc1cc(NC(=O)C(=O)O)c2c(c1Oc1ccc(O)c(C(C)C)c1)CCC2. The predicted octanol–water partition coefficient (Wildman–Crippen LogP) is 4.36. The number of benzene rings is 2. The minimum absolute atomic E-state index is 0.118. The Kier molecular flexibility index (Phi) is 6.12. The van der Waals surface area contributed by atoms with Crippen molar-refractivity contribution < 1.29 is 24.5 Å². The summed E-state index contributed by atoms with van der Waals surface area (Å²) in [5.74, 6) is 4.57. The number of carbonyl (C=O) groups is 2. The van der Waals surface area contributed by atoms with Crippen LogP contribution in [0.15, 0.2) is 36.9 Å². The van der Waals surface area contributed by atoms with Gasteiger partial charge in [0.05, 0.1) is 5.56 Å². The van der Waals surface area contributed by atoms with Crippen molar-refractivity contribution in [1.82, 2.24) is 0 Å². The van der Waals surface area contributed by atoms with E-state index in [1.165, 1.54) is 6.08 Å². The molecule has 0 saturated heterocycles. The number of nitrogens with one attached hydrogen (secondary N) is 1. The van der Waals surface area contributed by atoms with Crippen molar-refractivity contribution in [2.24, 2.45) is 0 Å². The number of carboxylic acid groups (broad SMARTS) is 1. The second-order valence-corrected chi connectivity index (χ2v) is 7.32. The van der Waals surface area contributed by atoms with Gasteiger partial charge in [-0.15, -0.1) is 0 Å². The van der Waals surface area contributed by atoms with E-state index in [2.05, 4.69) is 23.7 Å². The smallest absolute Gasteiger partial charge is 0.394 e. The van der Waals surface area contributed by atoms with Crippen LogP contribution in [-0.2, 0) is 22.4 Å². The zero-order chi connectivity index (χ0) is 21.8. The summed E-state index contributed by atoms with van der Waals surface area (Å²) in [6, 6.07) is 6.72. The van der Waals surface area contributed by atoms with Crippen molar-refractivity contribution in [3.05, 3.63) is 59.2 Å². The van der Waals surface area contributed by atoms with Gasteiger partial charge in [0.15, 0.2) is 0 Å². The molecule has 0 spiro atoms. The van der Waals surface area contributed by atoms with Crippen LogP contribution in [-0.4, -0.2) is 22.1 Å². The number of phenolic OH excluding ortho intramolecular Hbond substituents is 1. The highest BCUT2D eigenvalue weighted by molar-refractivity contribution is 6.36. The highest BCUT2D eigenvalue weighted by Crippen LogP contribution is 2.41. The van der Waals surface area contributed by atoms with Gasteiger partial charge in [-0.1, -0.05) is 32.3 Å². The highest BCUT2D eigenvalue weighted by Gasteiger charge is 2.25. The maximum absolute atomic E-state index is 11.7. The van der Waals surface area contributed by atoms with Gasteiger partial charge >= 0.3 is 11.9 Å². The molecule has 0 aliphatic heterocycles. The number of amides is 1. The van der Waals surface area contributed by atoms with E-state index in [9.17, 15) is 14.7 Å². The minimum Gasteiger partial charge on any atom is -0.508 e. The van der Waals surface area contributed by atoms with E-state index in [0.717, 1.165) is 29.5 Å². The lowest BCUT2D eigenvalue weighted by atomic mass is 10.0. The van der Waals surface area contributed by atoms with Gasteiger partial charge in [0.25, 0.3) is 0 Å². The maximum atomic E-state index is 11.7. The van der Waals surface area contributed by atoms with E-state index in [4.69, 9.17) is 9.84 Å². The first-order chi connectivity index (χ1) is 14.3. The van der Waals surface area contributed by atoms with E-state index in [1.54, 1.807) is 24.3 Å². The Balaban J connectivity index is 2.11. The lowest BCUT2D eigenvalue weighted by Crippen LogP contribution is -2.22. The standard InChI is InChI=1S/C24H23NO5/c1-4-5-7-15-12-20(25-23(27)24(28)29)17-8-6-9-18(17)22(15)30-16-10-11-21(26)19(13-16)14(2)3/h4,10-14,26H,1,6,8-9H2,2-3H3,(H,25,27)(H,28,29). The van der Waals surface area contributed by atoms with Gasteiger partial charge in [-0.25, -0.2) is 4.79 Å². The average molecular weight is 405 g/mol. The molecule has 2 aromatic carbocycles. The minimum atomic E-state index is -1.55. The third-order valence-electron chi connectivity index (χ3n) is 4.94. The third-order valence-corrected chi connectivity index (χ3v) is 4.94. The molecule has 0 radical (unpaired) electrons. The lowest BCUT2D eigenvalue weighted by Gasteiger charge is -2.18. The summed E-state index contributed by atoms with van der Waals surface area (Å²) in [5.41, 5.74) is 3.48. The summed E-state index contributed by atoms with van der Waals surface area (Å²) >= 11 is 0. The Morgan fingerprint density at radius 1 is 1.23 bits per heavy atom. The van der Waals surface area contributed by atoms with Crippen molar-refractivity contribution in [3.8, 4) is 29.1 Å². The van der Waals surface area contributed by atoms with Crippen LogP contribution in [0.4, 0.5) is 5.69 Å². The second kappa shape index (κ2) is 8.75. The zero-order valence-corrected chi connectivity index (χ0v) is 16.9. The van der Waals surface area contributed by atoms with Gasteiger partial charge in [-0.2, -0.15) is 0 Å². The number of carbonyl (C=O) groups excluding carboxylic acids is 1. The van der Waals surface area contributed by atoms with Gasteiger partial charge in [-0.05, 0) is 61.1 Å². The number of ether oxygens (including phenoxy) is 1. The van der Waals surface area contributed by atoms with Crippen LogP contribution in [0.2, 0.25) is 0 Å². The normalized spacial score (nSPS) is 12.0. The zero-order valence-electron chi connectivity index (χ0n) is 16.9. The first-order valence-electron chi connectivity index (χ1n) is 9.68. The molecule has 6 nitrogen and oxygen atoms in total. The molecule has 0 aromatic heterocycles. The molecule has 1 aliphatic rings. The fraction of sp³-hybridized carbons (Fsp3) is 0.250. The van der Waals surface area contributed by atoms with E-state index >= 15 is 0 Å². The largest absolute Gasteiger partial charge is 0.508 e.